The predicted molar refractivity (Wildman–Crippen MR) is 63.2 cm³/mol. The molecule has 0 saturated heterocycles. The molecule has 1 aromatic heterocycles. The van der Waals surface area contributed by atoms with E-state index in [9.17, 15) is 4.79 Å². The Bertz CT molecular complexity index is 542. The Labute approximate surface area is 93.4 Å². The van der Waals surface area contributed by atoms with Gasteiger partial charge in [0.25, 0.3) is 5.91 Å². The van der Waals surface area contributed by atoms with Gasteiger partial charge in [-0.15, -0.1) is 0 Å². The van der Waals surface area contributed by atoms with Crippen LogP contribution in [0, 0.1) is 0 Å². The van der Waals surface area contributed by atoms with Gasteiger partial charge in [0.2, 0.25) is 0 Å². The number of rotatable bonds is 3. The first-order chi connectivity index (χ1) is 7.66. The van der Waals surface area contributed by atoms with Gasteiger partial charge in [0.05, 0.1) is 17.4 Å². The van der Waals surface area contributed by atoms with Gasteiger partial charge in [0, 0.05) is 12.1 Å². The van der Waals surface area contributed by atoms with Crippen LogP contribution in [0.5, 0.6) is 0 Å². The van der Waals surface area contributed by atoms with Gasteiger partial charge < -0.3 is 10.3 Å². The lowest BCUT2D eigenvalue weighted by Crippen LogP contribution is -2.24. The predicted octanol–water partition coefficient (Wildman–Crippen LogP) is 1.87. The largest absolute Gasteiger partial charge is 0.348 e. The highest BCUT2D eigenvalue weighted by Gasteiger charge is 2.06. The fraction of sp³-hybridized carbons (Fsp3) is 0.167. The summed E-state index contributed by atoms with van der Waals surface area (Å²) in [7, 11) is 0. The van der Waals surface area contributed by atoms with E-state index in [0.29, 0.717) is 12.1 Å². The third-order valence-corrected chi connectivity index (χ3v) is 2.23. The zero-order chi connectivity index (χ0) is 11.5. The molecule has 0 fully saturated rings. The van der Waals surface area contributed by atoms with Crippen LogP contribution in [0.3, 0.4) is 0 Å². The van der Waals surface area contributed by atoms with Crippen LogP contribution in [-0.4, -0.2) is 22.4 Å². The lowest BCUT2D eigenvalue weighted by atomic mass is 10.2. The quantitative estimate of drug-likeness (QED) is 0.768. The second-order valence-electron chi connectivity index (χ2n) is 3.77. The maximum absolute atomic E-state index is 11.7. The fourth-order valence-electron chi connectivity index (χ4n) is 1.41. The van der Waals surface area contributed by atoms with Crippen molar-refractivity contribution >= 4 is 16.9 Å². The Hall–Kier alpha value is -2.10. The van der Waals surface area contributed by atoms with Gasteiger partial charge in [-0.25, -0.2) is 4.98 Å². The number of aromatic nitrogens is 2. The van der Waals surface area contributed by atoms with Crippen LogP contribution >= 0.6 is 0 Å². The van der Waals surface area contributed by atoms with E-state index >= 15 is 0 Å². The molecule has 0 saturated carbocycles. The third kappa shape index (κ3) is 2.11. The Kier molecular flexibility index (Phi) is 2.72. The molecule has 1 aromatic carbocycles. The van der Waals surface area contributed by atoms with Gasteiger partial charge >= 0.3 is 0 Å². The van der Waals surface area contributed by atoms with Crippen LogP contribution < -0.4 is 5.32 Å². The number of aromatic amines is 1. The second kappa shape index (κ2) is 4.18. The molecule has 0 atom stereocenters. The maximum atomic E-state index is 11.7. The highest BCUT2D eigenvalue weighted by molar-refractivity contribution is 5.97. The number of nitrogens with one attached hydrogen (secondary N) is 2. The number of carbonyl (C=O) groups is 1. The number of hydrogen-bond donors (Lipinski definition) is 2. The molecule has 0 radical (unpaired) electrons. The lowest BCUT2D eigenvalue weighted by Gasteiger charge is -2.04. The molecule has 0 bridgehead atoms. The molecule has 82 valence electrons. The van der Waals surface area contributed by atoms with Crippen LogP contribution in [-0.2, 0) is 0 Å². The number of H-pyrrole nitrogens is 1. The third-order valence-electron chi connectivity index (χ3n) is 2.23. The number of amides is 1. The molecule has 0 aliphatic rings. The second-order valence-corrected chi connectivity index (χ2v) is 3.77. The molecule has 16 heavy (non-hydrogen) atoms. The summed E-state index contributed by atoms with van der Waals surface area (Å²) in [6.07, 6.45) is 1.61. The normalized spacial score (nSPS) is 10.3. The van der Waals surface area contributed by atoms with Crippen LogP contribution in [0.1, 0.15) is 17.3 Å². The van der Waals surface area contributed by atoms with Crippen molar-refractivity contribution < 1.29 is 4.79 Å². The molecule has 4 nitrogen and oxygen atoms in total. The van der Waals surface area contributed by atoms with E-state index in [2.05, 4.69) is 21.9 Å². The van der Waals surface area contributed by atoms with Crippen molar-refractivity contribution in [3.05, 3.63) is 42.2 Å². The average molecular weight is 215 g/mol. The summed E-state index contributed by atoms with van der Waals surface area (Å²) in [6.45, 7) is 6.10. The first kappa shape index (κ1) is 10.4. The molecular formula is C12H13N3O. The Morgan fingerprint density at radius 1 is 1.56 bits per heavy atom. The first-order valence-electron chi connectivity index (χ1n) is 5.02. The van der Waals surface area contributed by atoms with Crippen LogP contribution in [0.15, 0.2) is 36.7 Å². The topological polar surface area (TPSA) is 57.8 Å². The molecule has 0 aliphatic heterocycles. The van der Waals surface area contributed by atoms with E-state index < -0.39 is 0 Å². The summed E-state index contributed by atoms with van der Waals surface area (Å²) in [5.41, 5.74) is 3.27. The SMILES string of the molecule is C=C(C)CNC(=O)c1ccc2nc[nH]c2c1. The number of carbonyl (C=O) groups excluding carboxylic acids is 1. The van der Waals surface area contributed by atoms with Crippen LogP contribution in [0.4, 0.5) is 0 Å². The Balaban J connectivity index is 2.19. The molecule has 2 N–H and O–H groups in total. The van der Waals surface area contributed by atoms with Crippen molar-refractivity contribution in [2.45, 2.75) is 6.92 Å². The van der Waals surface area contributed by atoms with E-state index in [-0.39, 0.29) is 5.91 Å². The number of nitrogens with zero attached hydrogens (tertiary/aromatic N) is 1. The van der Waals surface area contributed by atoms with Gasteiger partial charge in [-0.05, 0) is 25.1 Å². The van der Waals surface area contributed by atoms with E-state index in [4.69, 9.17) is 0 Å². The minimum absolute atomic E-state index is 0.0977. The molecule has 0 unspecified atom stereocenters. The molecule has 1 heterocycles. The Morgan fingerprint density at radius 2 is 2.38 bits per heavy atom. The van der Waals surface area contributed by atoms with Gasteiger partial charge in [-0.1, -0.05) is 12.2 Å². The zero-order valence-corrected chi connectivity index (χ0v) is 9.08. The standard InChI is InChI=1S/C12H13N3O/c1-8(2)6-13-12(16)9-3-4-10-11(5-9)15-7-14-10/h3-5,7H,1,6H2,2H3,(H,13,16)(H,14,15). The molecular weight excluding hydrogens is 202 g/mol. The number of fused-ring (bicyclic) bond motifs is 1. The van der Waals surface area contributed by atoms with Gasteiger partial charge in [0.1, 0.15) is 0 Å². The maximum Gasteiger partial charge on any atom is 0.251 e. The molecule has 4 heteroatoms. The summed E-state index contributed by atoms with van der Waals surface area (Å²) in [5, 5.41) is 2.78. The molecule has 0 aliphatic carbocycles. The molecule has 1 amide bonds. The van der Waals surface area contributed by atoms with Crippen molar-refractivity contribution in [1.29, 1.82) is 0 Å². The summed E-state index contributed by atoms with van der Waals surface area (Å²) < 4.78 is 0. The van der Waals surface area contributed by atoms with Crippen molar-refractivity contribution in [3.63, 3.8) is 0 Å². The molecule has 2 aromatic rings. The van der Waals surface area contributed by atoms with E-state index in [1.165, 1.54) is 0 Å². The average Bonchev–Trinajstić information content (AvgIpc) is 2.72. The van der Waals surface area contributed by atoms with Crippen molar-refractivity contribution in [2.24, 2.45) is 0 Å². The van der Waals surface area contributed by atoms with E-state index in [1.807, 2.05) is 13.0 Å². The highest BCUT2D eigenvalue weighted by atomic mass is 16.1. The minimum Gasteiger partial charge on any atom is -0.348 e. The van der Waals surface area contributed by atoms with Crippen LogP contribution in [0.2, 0.25) is 0 Å². The number of hydrogen-bond acceptors (Lipinski definition) is 2. The van der Waals surface area contributed by atoms with Gasteiger partial charge in [-0.3, -0.25) is 4.79 Å². The minimum atomic E-state index is -0.0977. The molecule has 2 rings (SSSR count). The highest BCUT2D eigenvalue weighted by Crippen LogP contribution is 2.11. The van der Waals surface area contributed by atoms with Crippen molar-refractivity contribution in [2.75, 3.05) is 6.54 Å². The number of imidazole rings is 1. The van der Waals surface area contributed by atoms with Gasteiger partial charge in [-0.2, -0.15) is 0 Å². The molecule has 0 spiro atoms. The first-order valence-corrected chi connectivity index (χ1v) is 5.02. The Morgan fingerprint density at radius 3 is 3.12 bits per heavy atom. The summed E-state index contributed by atoms with van der Waals surface area (Å²) in [6, 6.07) is 5.37. The van der Waals surface area contributed by atoms with Crippen LogP contribution in [0.25, 0.3) is 11.0 Å². The summed E-state index contributed by atoms with van der Waals surface area (Å²) in [4.78, 5) is 18.8. The smallest absolute Gasteiger partial charge is 0.251 e. The number of benzene rings is 1. The zero-order valence-electron chi connectivity index (χ0n) is 9.08. The summed E-state index contributed by atoms with van der Waals surface area (Å²) >= 11 is 0. The van der Waals surface area contributed by atoms with E-state index in [0.717, 1.165) is 16.6 Å². The van der Waals surface area contributed by atoms with E-state index in [1.54, 1.807) is 18.5 Å². The summed E-state index contributed by atoms with van der Waals surface area (Å²) in [5.74, 6) is -0.0977. The van der Waals surface area contributed by atoms with Crippen molar-refractivity contribution in [3.8, 4) is 0 Å². The fourth-order valence-corrected chi connectivity index (χ4v) is 1.41. The lowest BCUT2D eigenvalue weighted by molar-refractivity contribution is 0.0957. The van der Waals surface area contributed by atoms with Gasteiger partial charge in [0.15, 0.2) is 0 Å². The van der Waals surface area contributed by atoms with Crippen molar-refractivity contribution in [1.82, 2.24) is 15.3 Å². The monoisotopic (exact) mass is 215 g/mol.